The van der Waals surface area contributed by atoms with E-state index >= 15 is 0 Å². The molecule has 0 fully saturated rings. The fraction of sp³-hybridized carbons (Fsp3) is 0.250. The largest absolute Gasteiger partial charge is 0.480 e. The minimum Gasteiger partial charge on any atom is -0.480 e. The van der Waals surface area contributed by atoms with E-state index < -0.39 is 12.0 Å². The molecule has 0 saturated carbocycles. The van der Waals surface area contributed by atoms with E-state index in [4.69, 9.17) is 5.11 Å². The van der Waals surface area contributed by atoms with Crippen LogP contribution in [0.3, 0.4) is 0 Å². The lowest BCUT2D eigenvalue weighted by molar-refractivity contribution is -0.139. The first-order chi connectivity index (χ1) is 8.54. The molecule has 0 saturated heterocycles. The normalized spacial score (nSPS) is 16.1. The van der Waals surface area contributed by atoms with Gasteiger partial charge in [0.2, 0.25) is 5.91 Å². The molecule has 2 rings (SSSR count). The predicted octanol–water partition coefficient (Wildman–Crippen LogP) is 1.41. The molecule has 1 N–H and O–H groups in total. The smallest absolute Gasteiger partial charge is 0.326 e. The number of amides is 1. The molecule has 1 aromatic rings. The molecule has 1 heterocycles. The van der Waals surface area contributed by atoms with Crippen molar-refractivity contribution in [2.24, 2.45) is 0 Å². The molecule has 1 amide bonds. The molecule has 0 spiro atoms. The van der Waals surface area contributed by atoms with Gasteiger partial charge in [-0.2, -0.15) is 0 Å². The van der Waals surface area contributed by atoms with Crippen molar-refractivity contribution in [1.29, 1.82) is 0 Å². The van der Waals surface area contributed by atoms with Crippen molar-refractivity contribution in [2.75, 3.05) is 10.7 Å². The van der Waals surface area contributed by atoms with Gasteiger partial charge in [0.05, 0.1) is 11.4 Å². The SMILES string of the molecule is CC(C(=O)O)N1C(=O)CSc2ccc(C=O)cc21. The quantitative estimate of drug-likeness (QED) is 0.836. The number of carboxylic acid groups (broad SMARTS) is 1. The summed E-state index contributed by atoms with van der Waals surface area (Å²) in [7, 11) is 0. The summed E-state index contributed by atoms with van der Waals surface area (Å²) in [6.07, 6.45) is 0.674. The van der Waals surface area contributed by atoms with Crippen molar-refractivity contribution < 1.29 is 19.5 Å². The van der Waals surface area contributed by atoms with E-state index in [0.717, 1.165) is 4.90 Å². The molecule has 18 heavy (non-hydrogen) atoms. The number of aliphatic carboxylic acids is 1. The average molecular weight is 265 g/mol. The third kappa shape index (κ3) is 2.11. The van der Waals surface area contributed by atoms with Crippen molar-refractivity contribution in [3.8, 4) is 0 Å². The van der Waals surface area contributed by atoms with E-state index in [1.165, 1.54) is 23.6 Å². The fourth-order valence-electron chi connectivity index (χ4n) is 1.80. The molecular formula is C12H11NO4S. The standard InChI is InChI=1S/C12H11NO4S/c1-7(12(16)17)13-9-4-8(5-14)2-3-10(9)18-6-11(13)15/h2-5,7H,6H2,1H3,(H,16,17). The number of anilines is 1. The van der Waals surface area contributed by atoms with Gasteiger partial charge in [-0.15, -0.1) is 11.8 Å². The van der Waals surface area contributed by atoms with Crippen molar-refractivity contribution in [1.82, 2.24) is 0 Å². The molecule has 1 aromatic carbocycles. The molecule has 0 bridgehead atoms. The van der Waals surface area contributed by atoms with Crippen LogP contribution < -0.4 is 4.90 Å². The van der Waals surface area contributed by atoms with Crippen LogP contribution in [0.1, 0.15) is 17.3 Å². The van der Waals surface area contributed by atoms with Crippen molar-refractivity contribution >= 4 is 35.6 Å². The lowest BCUT2D eigenvalue weighted by Gasteiger charge is -2.31. The number of hydrogen-bond donors (Lipinski definition) is 1. The summed E-state index contributed by atoms with van der Waals surface area (Å²) in [6, 6.07) is 3.99. The highest BCUT2D eigenvalue weighted by atomic mass is 32.2. The number of rotatable bonds is 3. The van der Waals surface area contributed by atoms with Crippen LogP contribution in [-0.2, 0) is 9.59 Å². The van der Waals surface area contributed by atoms with Crippen molar-refractivity contribution in [3.05, 3.63) is 23.8 Å². The zero-order chi connectivity index (χ0) is 13.3. The Bertz CT molecular complexity index is 529. The van der Waals surface area contributed by atoms with Crippen LogP contribution in [0.5, 0.6) is 0 Å². The molecule has 1 aliphatic heterocycles. The Morgan fingerprint density at radius 3 is 2.89 bits per heavy atom. The minimum atomic E-state index is -1.07. The zero-order valence-corrected chi connectivity index (χ0v) is 10.4. The number of benzene rings is 1. The number of aldehydes is 1. The number of thioether (sulfide) groups is 1. The molecule has 1 unspecified atom stereocenters. The van der Waals surface area contributed by atoms with Gasteiger partial charge in [0.15, 0.2) is 0 Å². The van der Waals surface area contributed by atoms with Crippen LogP contribution in [0.15, 0.2) is 23.1 Å². The van der Waals surface area contributed by atoms with Gasteiger partial charge in [0, 0.05) is 10.5 Å². The third-order valence-corrected chi connectivity index (χ3v) is 3.79. The summed E-state index contributed by atoms with van der Waals surface area (Å²) in [5.74, 6) is -1.12. The van der Waals surface area contributed by atoms with Gasteiger partial charge in [-0.1, -0.05) is 6.07 Å². The highest BCUT2D eigenvalue weighted by Crippen LogP contribution is 2.36. The molecule has 0 radical (unpaired) electrons. The summed E-state index contributed by atoms with van der Waals surface area (Å²) >= 11 is 1.35. The third-order valence-electron chi connectivity index (χ3n) is 2.74. The van der Waals surface area contributed by atoms with Gasteiger partial charge in [-0.05, 0) is 19.1 Å². The van der Waals surface area contributed by atoms with Gasteiger partial charge >= 0.3 is 5.97 Å². The highest BCUT2D eigenvalue weighted by Gasteiger charge is 2.32. The van der Waals surface area contributed by atoms with Crippen molar-refractivity contribution in [3.63, 3.8) is 0 Å². The zero-order valence-electron chi connectivity index (χ0n) is 9.62. The fourth-order valence-corrected chi connectivity index (χ4v) is 2.68. The van der Waals surface area contributed by atoms with Crippen LogP contribution in [0.4, 0.5) is 5.69 Å². The van der Waals surface area contributed by atoms with Crippen molar-refractivity contribution in [2.45, 2.75) is 17.9 Å². The lowest BCUT2D eigenvalue weighted by Crippen LogP contribution is -2.46. The molecule has 0 aromatic heterocycles. The summed E-state index contributed by atoms with van der Waals surface area (Å²) in [6.45, 7) is 1.45. The Kier molecular flexibility index (Phi) is 3.38. The predicted molar refractivity (Wildman–Crippen MR) is 67.1 cm³/mol. The van der Waals surface area contributed by atoms with Gasteiger partial charge in [0.1, 0.15) is 12.3 Å². The van der Waals surface area contributed by atoms with E-state index in [2.05, 4.69) is 0 Å². The van der Waals surface area contributed by atoms with Crippen LogP contribution in [0.2, 0.25) is 0 Å². The first kappa shape index (κ1) is 12.6. The maximum Gasteiger partial charge on any atom is 0.326 e. The van der Waals surface area contributed by atoms with E-state index in [-0.39, 0.29) is 11.7 Å². The van der Waals surface area contributed by atoms with Crippen LogP contribution in [-0.4, -0.2) is 35.1 Å². The molecule has 1 aliphatic rings. The van der Waals surface area contributed by atoms with Gasteiger partial charge in [-0.25, -0.2) is 4.79 Å². The maximum absolute atomic E-state index is 11.9. The minimum absolute atomic E-state index is 0.213. The molecule has 6 heteroatoms. The van der Waals surface area contributed by atoms with E-state index in [0.29, 0.717) is 17.5 Å². The number of carbonyl (C=O) groups excluding carboxylic acids is 2. The molecular weight excluding hydrogens is 254 g/mol. The maximum atomic E-state index is 11.9. The van der Waals surface area contributed by atoms with Gasteiger partial charge < -0.3 is 5.11 Å². The van der Waals surface area contributed by atoms with Crippen LogP contribution >= 0.6 is 11.8 Å². The van der Waals surface area contributed by atoms with E-state index in [1.54, 1.807) is 18.2 Å². The Labute approximate surface area is 108 Å². The number of hydrogen-bond acceptors (Lipinski definition) is 4. The summed E-state index contributed by atoms with van der Waals surface area (Å²) in [4.78, 5) is 35.7. The summed E-state index contributed by atoms with van der Waals surface area (Å²) in [5, 5.41) is 9.03. The number of nitrogens with zero attached hydrogens (tertiary/aromatic N) is 1. The second-order valence-electron chi connectivity index (χ2n) is 3.91. The van der Waals surface area contributed by atoms with Gasteiger partial charge in [0.25, 0.3) is 0 Å². The molecule has 5 nitrogen and oxygen atoms in total. The van der Waals surface area contributed by atoms with E-state index in [1.807, 2.05) is 0 Å². The monoisotopic (exact) mass is 265 g/mol. The van der Waals surface area contributed by atoms with E-state index in [9.17, 15) is 14.4 Å². The van der Waals surface area contributed by atoms with Gasteiger partial charge in [-0.3, -0.25) is 14.5 Å². The number of fused-ring (bicyclic) bond motifs is 1. The summed E-state index contributed by atoms with van der Waals surface area (Å²) in [5.41, 5.74) is 0.919. The molecule has 1 atom stereocenters. The molecule has 94 valence electrons. The van der Waals surface area contributed by atoms with Crippen LogP contribution in [0, 0.1) is 0 Å². The molecule has 0 aliphatic carbocycles. The Hall–Kier alpha value is -1.82. The Balaban J connectivity index is 2.51. The average Bonchev–Trinajstić information content (AvgIpc) is 2.37. The Morgan fingerprint density at radius 1 is 1.56 bits per heavy atom. The number of carbonyl (C=O) groups is 3. The first-order valence-electron chi connectivity index (χ1n) is 5.31. The summed E-state index contributed by atoms with van der Waals surface area (Å²) < 4.78 is 0. The second kappa shape index (κ2) is 4.81. The first-order valence-corrected chi connectivity index (χ1v) is 6.30. The highest BCUT2D eigenvalue weighted by molar-refractivity contribution is 8.00. The lowest BCUT2D eigenvalue weighted by atomic mass is 10.1. The van der Waals surface area contributed by atoms with Crippen LogP contribution in [0.25, 0.3) is 0 Å². The Morgan fingerprint density at radius 2 is 2.28 bits per heavy atom. The number of carboxylic acids is 1. The second-order valence-corrected chi connectivity index (χ2v) is 4.93. The topological polar surface area (TPSA) is 74.7 Å².